The fraction of sp³-hybridized carbons (Fsp3) is 0.167. The second-order valence-corrected chi connectivity index (χ2v) is 6.42. The van der Waals surface area contributed by atoms with E-state index in [9.17, 15) is 9.59 Å². The Hall–Kier alpha value is -2.64. The van der Waals surface area contributed by atoms with Gasteiger partial charge in [0.25, 0.3) is 11.8 Å². The molecule has 1 aliphatic rings. The number of hydrogen-bond donors (Lipinski definition) is 0. The van der Waals surface area contributed by atoms with Crippen LogP contribution in [0, 0.1) is 0 Å². The number of ether oxygens (including phenoxy) is 1. The molecule has 0 saturated carbocycles. The molecule has 2 aromatic rings. The maximum atomic E-state index is 12.4. The van der Waals surface area contributed by atoms with E-state index in [2.05, 4.69) is 0 Å². The highest BCUT2D eigenvalue weighted by atomic mass is 35.5. The standard InChI is InChI=1S/C18H15ClN2O4S/c1-20-16(22)13(17(23)21(2)18(20)26)9-11-5-7-15(25-11)12-8-10(19)4-6-14(12)24-3/h4-9H,1-3H3. The number of carbonyl (C=O) groups is 2. The largest absolute Gasteiger partial charge is 0.496 e. The predicted molar refractivity (Wildman–Crippen MR) is 102 cm³/mol. The van der Waals surface area contributed by atoms with Gasteiger partial charge in [-0.3, -0.25) is 19.4 Å². The minimum Gasteiger partial charge on any atom is -0.496 e. The van der Waals surface area contributed by atoms with Crippen molar-refractivity contribution in [3.8, 4) is 17.1 Å². The van der Waals surface area contributed by atoms with Crippen molar-refractivity contribution < 1.29 is 18.7 Å². The Morgan fingerprint density at radius 1 is 1.12 bits per heavy atom. The smallest absolute Gasteiger partial charge is 0.265 e. The van der Waals surface area contributed by atoms with Gasteiger partial charge in [-0.15, -0.1) is 0 Å². The molecule has 0 unspecified atom stereocenters. The molecular weight excluding hydrogens is 376 g/mol. The van der Waals surface area contributed by atoms with E-state index in [0.717, 1.165) is 0 Å². The van der Waals surface area contributed by atoms with Crippen LogP contribution in [0.5, 0.6) is 5.75 Å². The van der Waals surface area contributed by atoms with Gasteiger partial charge in [0.05, 0.1) is 12.7 Å². The van der Waals surface area contributed by atoms with Crippen molar-refractivity contribution in [1.82, 2.24) is 9.80 Å². The van der Waals surface area contributed by atoms with Crippen LogP contribution in [0.25, 0.3) is 17.4 Å². The van der Waals surface area contributed by atoms with Crippen molar-refractivity contribution in [2.24, 2.45) is 0 Å². The van der Waals surface area contributed by atoms with Crippen LogP contribution in [0.2, 0.25) is 5.02 Å². The van der Waals surface area contributed by atoms with E-state index < -0.39 is 11.8 Å². The number of nitrogens with zero attached hydrogens (tertiary/aromatic N) is 2. The molecule has 8 heteroatoms. The van der Waals surface area contributed by atoms with Gasteiger partial charge in [-0.1, -0.05) is 11.6 Å². The minimum absolute atomic E-state index is 0.0254. The van der Waals surface area contributed by atoms with Gasteiger partial charge >= 0.3 is 0 Å². The third-order valence-corrected chi connectivity index (χ3v) is 4.77. The van der Waals surface area contributed by atoms with E-state index in [-0.39, 0.29) is 10.7 Å². The first-order chi connectivity index (χ1) is 12.3. The fourth-order valence-electron chi connectivity index (χ4n) is 2.57. The highest BCUT2D eigenvalue weighted by molar-refractivity contribution is 7.80. The molecule has 0 atom stereocenters. The molecule has 1 saturated heterocycles. The highest BCUT2D eigenvalue weighted by Crippen LogP contribution is 2.34. The van der Waals surface area contributed by atoms with Crippen LogP contribution in [0.3, 0.4) is 0 Å². The summed E-state index contributed by atoms with van der Waals surface area (Å²) in [6.07, 6.45) is 1.40. The quantitative estimate of drug-likeness (QED) is 0.457. The van der Waals surface area contributed by atoms with Gasteiger partial charge in [0.15, 0.2) is 5.11 Å². The summed E-state index contributed by atoms with van der Waals surface area (Å²) in [4.78, 5) is 27.2. The lowest BCUT2D eigenvalue weighted by molar-refractivity contribution is -0.132. The molecule has 1 aromatic carbocycles. The Bertz CT molecular complexity index is 924. The molecule has 1 aromatic heterocycles. The Balaban J connectivity index is 1.99. The first-order valence-electron chi connectivity index (χ1n) is 7.59. The Labute approximate surface area is 160 Å². The van der Waals surface area contributed by atoms with Crippen LogP contribution in [0.1, 0.15) is 5.76 Å². The molecule has 1 aliphatic heterocycles. The SMILES string of the molecule is COc1ccc(Cl)cc1-c1ccc(C=C2C(=O)N(C)C(=S)N(C)C2=O)o1. The van der Waals surface area contributed by atoms with Crippen LogP contribution in [0.4, 0.5) is 0 Å². The summed E-state index contributed by atoms with van der Waals surface area (Å²) >= 11 is 11.1. The van der Waals surface area contributed by atoms with Crippen molar-refractivity contribution in [3.05, 3.63) is 46.7 Å². The summed E-state index contributed by atoms with van der Waals surface area (Å²) in [5.74, 6) is 0.503. The normalized spacial score (nSPS) is 14.9. The van der Waals surface area contributed by atoms with Crippen molar-refractivity contribution >= 4 is 46.8 Å². The molecule has 0 aliphatic carbocycles. The molecule has 0 radical (unpaired) electrons. The lowest BCUT2D eigenvalue weighted by Crippen LogP contribution is -2.52. The minimum atomic E-state index is -0.476. The van der Waals surface area contributed by atoms with Crippen molar-refractivity contribution in [2.75, 3.05) is 21.2 Å². The lowest BCUT2D eigenvalue weighted by atomic mass is 10.1. The number of benzene rings is 1. The summed E-state index contributed by atoms with van der Waals surface area (Å²) in [5.41, 5.74) is 0.643. The fourth-order valence-corrected chi connectivity index (χ4v) is 2.90. The first kappa shape index (κ1) is 18.2. The number of carbonyl (C=O) groups excluding carboxylic acids is 2. The van der Waals surface area contributed by atoms with E-state index in [1.54, 1.807) is 37.4 Å². The number of amides is 2. The molecule has 26 heavy (non-hydrogen) atoms. The van der Waals surface area contributed by atoms with Gasteiger partial charge in [-0.2, -0.15) is 0 Å². The van der Waals surface area contributed by atoms with E-state index in [0.29, 0.717) is 27.9 Å². The second-order valence-electron chi connectivity index (χ2n) is 5.62. The van der Waals surface area contributed by atoms with Gasteiger partial charge in [-0.05, 0) is 48.6 Å². The molecular formula is C18H15ClN2O4S. The topological polar surface area (TPSA) is 63.0 Å². The highest BCUT2D eigenvalue weighted by Gasteiger charge is 2.35. The first-order valence-corrected chi connectivity index (χ1v) is 8.37. The maximum absolute atomic E-state index is 12.4. The molecule has 3 rings (SSSR count). The number of halogens is 1. The molecule has 0 N–H and O–H groups in total. The van der Waals surface area contributed by atoms with Crippen LogP contribution in [-0.2, 0) is 9.59 Å². The number of rotatable bonds is 3. The maximum Gasteiger partial charge on any atom is 0.265 e. The Kier molecular flexibility index (Phi) is 4.84. The predicted octanol–water partition coefficient (Wildman–Crippen LogP) is 3.21. The van der Waals surface area contributed by atoms with Crippen molar-refractivity contribution in [3.63, 3.8) is 0 Å². The van der Waals surface area contributed by atoms with E-state index in [1.165, 1.54) is 30.0 Å². The Morgan fingerprint density at radius 3 is 2.38 bits per heavy atom. The molecule has 134 valence electrons. The monoisotopic (exact) mass is 390 g/mol. The van der Waals surface area contributed by atoms with Gasteiger partial charge < -0.3 is 9.15 Å². The van der Waals surface area contributed by atoms with Gasteiger partial charge in [0.1, 0.15) is 22.8 Å². The van der Waals surface area contributed by atoms with Gasteiger partial charge in [0.2, 0.25) is 0 Å². The second kappa shape index (κ2) is 6.93. The van der Waals surface area contributed by atoms with Crippen LogP contribution >= 0.6 is 23.8 Å². The van der Waals surface area contributed by atoms with Crippen LogP contribution in [0.15, 0.2) is 40.3 Å². The van der Waals surface area contributed by atoms with E-state index in [1.807, 2.05) is 0 Å². The number of thiocarbonyl (C=S) groups is 1. The molecule has 0 spiro atoms. The lowest BCUT2D eigenvalue weighted by Gasteiger charge is -2.31. The zero-order chi connectivity index (χ0) is 19.0. The molecule has 2 heterocycles. The average Bonchev–Trinajstić information content (AvgIpc) is 3.10. The third kappa shape index (κ3) is 3.11. The number of hydrogen-bond acceptors (Lipinski definition) is 5. The van der Waals surface area contributed by atoms with Gasteiger partial charge in [-0.25, -0.2) is 0 Å². The number of likely N-dealkylation sites (N-methyl/N-ethyl adjacent to an activating group) is 2. The summed E-state index contributed by atoms with van der Waals surface area (Å²) in [7, 11) is 4.59. The summed E-state index contributed by atoms with van der Waals surface area (Å²) in [5, 5.41) is 0.687. The third-order valence-electron chi connectivity index (χ3n) is 3.98. The van der Waals surface area contributed by atoms with E-state index >= 15 is 0 Å². The Morgan fingerprint density at radius 2 is 1.77 bits per heavy atom. The van der Waals surface area contributed by atoms with Gasteiger partial charge in [0, 0.05) is 19.1 Å². The van der Waals surface area contributed by atoms with Crippen LogP contribution in [-0.4, -0.2) is 47.9 Å². The average molecular weight is 391 g/mol. The summed E-state index contributed by atoms with van der Waals surface area (Å²) in [6.45, 7) is 0. The van der Waals surface area contributed by atoms with E-state index in [4.69, 9.17) is 33.0 Å². The summed E-state index contributed by atoms with van der Waals surface area (Å²) < 4.78 is 11.1. The molecule has 1 fully saturated rings. The molecule has 0 bridgehead atoms. The number of furan rings is 1. The zero-order valence-electron chi connectivity index (χ0n) is 14.3. The van der Waals surface area contributed by atoms with Crippen molar-refractivity contribution in [1.29, 1.82) is 0 Å². The van der Waals surface area contributed by atoms with Crippen LogP contribution < -0.4 is 4.74 Å². The summed E-state index contributed by atoms with van der Waals surface area (Å²) in [6, 6.07) is 8.54. The molecule has 6 nitrogen and oxygen atoms in total. The van der Waals surface area contributed by atoms with Crippen molar-refractivity contribution in [2.45, 2.75) is 0 Å². The molecule has 2 amide bonds. The number of methoxy groups -OCH3 is 1. The zero-order valence-corrected chi connectivity index (χ0v) is 15.9.